The minimum atomic E-state index is -0.107. The molecule has 6 heteroatoms. The fourth-order valence-electron chi connectivity index (χ4n) is 2.66. The van der Waals surface area contributed by atoms with Gasteiger partial charge in [0.05, 0.1) is 23.2 Å². The third-order valence-electron chi connectivity index (χ3n) is 3.99. The molecule has 0 N–H and O–H groups in total. The standard InChI is InChI=1S/C18H21N3O3/c1-10(2)15-8-14(16-12(4)20-24-17(16)19-15)18(22)21(5)9-13-7-6-11(3)23-13/h6-8,10H,9H2,1-5H3. The average molecular weight is 327 g/mol. The summed E-state index contributed by atoms with van der Waals surface area (Å²) in [5.74, 6) is 1.66. The summed E-state index contributed by atoms with van der Waals surface area (Å²) in [5.41, 5.74) is 2.44. The van der Waals surface area contributed by atoms with Crippen LogP contribution < -0.4 is 0 Å². The van der Waals surface area contributed by atoms with E-state index in [1.807, 2.05) is 45.9 Å². The summed E-state index contributed by atoms with van der Waals surface area (Å²) in [4.78, 5) is 19.1. The Kier molecular flexibility index (Phi) is 4.13. The molecule has 24 heavy (non-hydrogen) atoms. The van der Waals surface area contributed by atoms with Gasteiger partial charge < -0.3 is 13.8 Å². The number of furan rings is 1. The average Bonchev–Trinajstić information content (AvgIpc) is 3.11. The molecule has 6 nitrogen and oxygen atoms in total. The Morgan fingerprint density at radius 2 is 2.04 bits per heavy atom. The molecule has 126 valence electrons. The molecule has 3 aromatic rings. The molecule has 0 aromatic carbocycles. The molecule has 3 aromatic heterocycles. The molecule has 0 fully saturated rings. The van der Waals surface area contributed by atoms with Crippen LogP contribution in [0.5, 0.6) is 0 Å². The number of hydrogen-bond acceptors (Lipinski definition) is 5. The molecule has 0 atom stereocenters. The maximum atomic E-state index is 13.0. The zero-order valence-electron chi connectivity index (χ0n) is 14.6. The van der Waals surface area contributed by atoms with E-state index in [4.69, 9.17) is 8.94 Å². The van der Waals surface area contributed by atoms with Gasteiger partial charge in [0.15, 0.2) is 0 Å². The lowest BCUT2D eigenvalue weighted by Crippen LogP contribution is -2.26. The van der Waals surface area contributed by atoms with Crippen LogP contribution in [0.2, 0.25) is 0 Å². The second-order valence-electron chi connectivity index (χ2n) is 6.37. The molecule has 0 saturated heterocycles. The first kappa shape index (κ1) is 16.2. The number of aromatic nitrogens is 2. The number of nitrogens with zero attached hydrogens (tertiary/aromatic N) is 3. The molecule has 0 radical (unpaired) electrons. The minimum Gasteiger partial charge on any atom is -0.464 e. The third-order valence-corrected chi connectivity index (χ3v) is 3.99. The van der Waals surface area contributed by atoms with E-state index in [9.17, 15) is 4.79 Å². The Balaban J connectivity index is 2.00. The quantitative estimate of drug-likeness (QED) is 0.728. The normalized spacial score (nSPS) is 11.4. The molecule has 0 unspecified atom stereocenters. The molecule has 0 aliphatic heterocycles. The minimum absolute atomic E-state index is 0.107. The Morgan fingerprint density at radius 3 is 2.67 bits per heavy atom. The molecule has 1 amide bonds. The predicted octanol–water partition coefficient (Wildman–Crippen LogP) is 3.83. The third kappa shape index (κ3) is 2.91. The van der Waals surface area contributed by atoms with Crippen LogP contribution in [0.1, 0.15) is 53.0 Å². The van der Waals surface area contributed by atoms with E-state index in [2.05, 4.69) is 10.1 Å². The topological polar surface area (TPSA) is 72.4 Å². The van der Waals surface area contributed by atoms with Crippen molar-refractivity contribution in [2.24, 2.45) is 0 Å². The van der Waals surface area contributed by atoms with E-state index < -0.39 is 0 Å². The van der Waals surface area contributed by atoms with Crippen LogP contribution in [0.3, 0.4) is 0 Å². The summed E-state index contributed by atoms with van der Waals surface area (Å²) < 4.78 is 10.8. The lowest BCUT2D eigenvalue weighted by atomic mass is 10.0. The highest BCUT2D eigenvalue weighted by Gasteiger charge is 2.22. The van der Waals surface area contributed by atoms with E-state index in [0.717, 1.165) is 17.2 Å². The summed E-state index contributed by atoms with van der Waals surface area (Å²) in [6.07, 6.45) is 0. The fraction of sp³-hybridized carbons (Fsp3) is 0.389. The smallest absolute Gasteiger partial charge is 0.259 e. The van der Waals surface area contributed by atoms with Crippen LogP contribution >= 0.6 is 0 Å². The van der Waals surface area contributed by atoms with Crippen molar-refractivity contribution in [3.63, 3.8) is 0 Å². The first-order valence-electron chi connectivity index (χ1n) is 7.94. The van der Waals surface area contributed by atoms with Crippen molar-refractivity contribution < 1.29 is 13.7 Å². The Hall–Kier alpha value is -2.63. The Bertz CT molecular complexity index is 892. The van der Waals surface area contributed by atoms with Gasteiger partial charge in [0.2, 0.25) is 0 Å². The zero-order valence-corrected chi connectivity index (χ0v) is 14.6. The summed E-state index contributed by atoms with van der Waals surface area (Å²) in [6.45, 7) is 8.15. The second-order valence-corrected chi connectivity index (χ2v) is 6.37. The number of carbonyl (C=O) groups excluding carboxylic acids is 1. The van der Waals surface area contributed by atoms with Gasteiger partial charge in [-0.3, -0.25) is 4.79 Å². The highest BCUT2D eigenvalue weighted by Crippen LogP contribution is 2.26. The molecular formula is C18H21N3O3. The van der Waals surface area contributed by atoms with E-state index in [0.29, 0.717) is 28.9 Å². The molecule has 0 spiro atoms. The van der Waals surface area contributed by atoms with Crippen molar-refractivity contribution in [1.82, 2.24) is 15.0 Å². The largest absolute Gasteiger partial charge is 0.464 e. The van der Waals surface area contributed by atoms with E-state index >= 15 is 0 Å². The molecule has 0 bridgehead atoms. The van der Waals surface area contributed by atoms with Crippen molar-refractivity contribution in [3.05, 3.63) is 46.7 Å². The van der Waals surface area contributed by atoms with Gasteiger partial charge in [-0.2, -0.15) is 0 Å². The number of aryl methyl sites for hydroxylation is 2. The number of rotatable bonds is 4. The molecule has 0 saturated carbocycles. The SMILES string of the molecule is Cc1ccc(CN(C)C(=O)c2cc(C(C)C)nc3onc(C)c23)o1. The lowest BCUT2D eigenvalue weighted by molar-refractivity contribution is 0.0776. The first-order chi connectivity index (χ1) is 11.4. The highest BCUT2D eigenvalue weighted by atomic mass is 16.5. The van der Waals surface area contributed by atoms with Gasteiger partial charge in [0.25, 0.3) is 11.6 Å². The van der Waals surface area contributed by atoms with Crippen molar-refractivity contribution in [2.75, 3.05) is 7.05 Å². The number of hydrogen-bond donors (Lipinski definition) is 0. The van der Waals surface area contributed by atoms with E-state index in [1.165, 1.54) is 0 Å². The summed E-state index contributed by atoms with van der Waals surface area (Å²) in [5, 5.41) is 4.63. The van der Waals surface area contributed by atoms with Gasteiger partial charge in [0, 0.05) is 12.7 Å². The van der Waals surface area contributed by atoms with Crippen LogP contribution in [-0.4, -0.2) is 28.0 Å². The van der Waals surface area contributed by atoms with Crippen LogP contribution in [0, 0.1) is 13.8 Å². The van der Waals surface area contributed by atoms with Crippen LogP contribution in [0.4, 0.5) is 0 Å². The van der Waals surface area contributed by atoms with Crippen molar-refractivity contribution >= 4 is 17.0 Å². The summed E-state index contributed by atoms with van der Waals surface area (Å²) in [6, 6.07) is 5.61. The van der Waals surface area contributed by atoms with Crippen LogP contribution in [0.25, 0.3) is 11.1 Å². The maximum absolute atomic E-state index is 13.0. The lowest BCUT2D eigenvalue weighted by Gasteiger charge is -2.17. The predicted molar refractivity (Wildman–Crippen MR) is 89.9 cm³/mol. The van der Waals surface area contributed by atoms with Gasteiger partial charge >= 0.3 is 0 Å². The Labute approximate surface area is 140 Å². The monoisotopic (exact) mass is 327 g/mol. The Morgan fingerprint density at radius 1 is 1.29 bits per heavy atom. The molecule has 0 aliphatic rings. The van der Waals surface area contributed by atoms with E-state index in [1.54, 1.807) is 11.9 Å². The first-order valence-corrected chi connectivity index (χ1v) is 7.94. The zero-order chi connectivity index (χ0) is 17.4. The van der Waals surface area contributed by atoms with Gasteiger partial charge in [-0.25, -0.2) is 4.98 Å². The van der Waals surface area contributed by atoms with Crippen molar-refractivity contribution in [2.45, 2.75) is 40.2 Å². The van der Waals surface area contributed by atoms with Gasteiger partial charge in [0.1, 0.15) is 11.5 Å². The number of pyridine rings is 1. The van der Waals surface area contributed by atoms with Crippen molar-refractivity contribution in [3.8, 4) is 0 Å². The van der Waals surface area contributed by atoms with Crippen LogP contribution in [-0.2, 0) is 6.54 Å². The van der Waals surface area contributed by atoms with Crippen LogP contribution in [0.15, 0.2) is 27.1 Å². The number of carbonyl (C=O) groups is 1. The second kappa shape index (κ2) is 6.11. The van der Waals surface area contributed by atoms with Crippen molar-refractivity contribution in [1.29, 1.82) is 0 Å². The molecule has 0 aliphatic carbocycles. The summed E-state index contributed by atoms with van der Waals surface area (Å²) >= 11 is 0. The highest BCUT2D eigenvalue weighted by molar-refractivity contribution is 6.05. The molecule has 3 heterocycles. The fourth-order valence-corrected chi connectivity index (χ4v) is 2.66. The number of fused-ring (bicyclic) bond motifs is 1. The van der Waals surface area contributed by atoms with E-state index in [-0.39, 0.29) is 11.8 Å². The maximum Gasteiger partial charge on any atom is 0.259 e. The van der Waals surface area contributed by atoms with Gasteiger partial charge in [-0.15, -0.1) is 0 Å². The van der Waals surface area contributed by atoms with Gasteiger partial charge in [-0.05, 0) is 38.0 Å². The summed E-state index contributed by atoms with van der Waals surface area (Å²) in [7, 11) is 1.75. The van der Waals surface area contributed by atoms with Gasteiger partial charge in [-0.1, -0.05) is 19.0 Å². The number of amides is 1. The molecular weight excluding hydrogens is 306 g/mol. The molecule has 3 rings (SSSR count).